The maximum absolute atomic E-state index is 5.75. The maximum Gasteiger partial charge on any atom is 0.136 e. The molecule has 0 bridgehead atoms. The van der Waals surface area contributed by atoms with Crippen LogP contribution in [0.2, 0.25) is 0 Å². The van der Waals surface area contributed by atoms with Crippen molar-refractivity contribution in [1.82, 2.24) is 10.3 Å². The standard InChI is InChI=1S/C15H19N3O/c1-18(11-13-10-16-8-9-19-13)15-14-5-3-2-4-12(14)6-7-17-15/h2-7,13,16H,8-11H2,1H3. The summed E-state index contributed by atoms with van der Waals surface area (Å²) in [5, 5.41) is 5.77. The molecule has 0 saturated carbocycles. The predicted octanol–water partition coefficient (Wildman–Crippen LogP) is 1.66. The summed E-state index contributed by atoms with van der Waals surface area (Å²) in [6, 6.07) is 10.4. The van der Waals surface area contributed by atoms with E-state index in [-0.39, 0.29) is 6.10 Å². The van der Waals surface area contributed by atoms with E-state index in [1.54, 1.807) is 0 Å². The summed E-state index contributed by atoms with van der Waals surface area (Å²) in [5.41, 5.74) is 0. The Bertz CT molecular complexity index is 547. The van der Waals surface area contributed by atoms with Crippen molar-refractivity contribution in [3.05, 3.63) is 36.5 Å². The third-order valence-corrected chi connectivity index (χ3v) is 3.50. The first-order valence-electron chi connectivity index (χ1n) is 6.72. The lowest BCUT2D eigenvalue weighted by Gasteiger charge is -2.29. The maximum atomic E-state index is 5.75. The number of rotatable bonds is 3. The van der Waals surface area contributed by atoms with Gasteiger partial charge in [0.2, 0.25) is 0 Å². The van der Waals surface area contributed by atoms with E-state index in [0.717, 1.165) is 32.1 Å². The van der Waals surface area contributed by atoms with Gasteiger partial charge in [-0.2, -0.15) is 0 Å². The second kappa shape index (κ2) is 5.55. The molecule has 4 nitrogen and oxygen atoms in total. The fraction of sp³-hybridized carbons (Fsp3) is 0.400. The minimum absolute atomic E-state index is 0.236. The van der Waals surface area contributed by atoms with Crippen molar-refractivity contribution in [2.45, 2.75) is 6.10 Å². The molecular weight excluding hydrogens is 238 g/mol. The fourth-order valence-electron chi connectivity index (χ4n) is 2.54. The molecule has 100 valence electrons. The number of nitrogens with one attached hydrogen (secondary N) is 1. The van der Waals surface area contributed by atoms with Crippen LogP contribution in [0.1, 0.15) is 0 Å². The molecule has 3 rings (SSSR count). The summed E-state index contributed by atoms with van der Waals surface area (Å²) in [5.74, 6) is 1.02. The number of nitrogens with zero attached hydrogens (tertiary/aromatic N) is 2. The lowest BCUT2D eigenvalue weighted by atomic mass is 10.1. The Morgan fingerprint density at radius 2 is 2.26 bits per heavy atom. The summed E-state index contributed by atoms with van der Waals surface area (Å²) in [6.07, 6.45) is 2.10. The van der Waals surface area contributed by atoms with Gasteiger partial charge in [0.15, 0.2) is 0 Å². The Kier molecular flexibility index (Phi) is 3.62. The first-order chi connectivity index (χ1) is 9.34. The number of hydrogen-bond donors (Lipinski definition) is 1. The number of aromatic nitrogens is 1. The first kappa shape index (κ1) is 12.4. The Hall–Kier alpha value is -1.65. The average Bonchev–Trinajstić information content (AvgIpc) is 2.47. The SMILES string of the molecule is CN(CC1CNCCO1)c1nccc2ccccc12. The molecule has 1 aromatic heterocycles. The summed E-state index contributed by atoms with van der Waals surface area (Å²) in [7, 11) is 2.08. The second-order valence-corrected chi connectivity index (χ2v) is 4.93. The highest BCUT2D eigenvalue weighted by Gasteiger charge is 2.17. The highest BCUT2D eigenvalue weighted by atomic mass is 16.5. The van der Waals surface area contributed by atoms with Gasteiger partial charge in [0.25, 0.3) is 0 Å². The van der Waals surface area contributed by atoms with Gasteiger partial charge in [-0.15, -0.1) is 0 Å². The number of morpholine rings is 1. The van der Waals surface area contributed by atoms with Crippen LogP contribution in [-0.4, -0.2) is 44.4 Å². The van der Waals surface area contributed by atoms with E-state index in [4.69, 9.17) is 4.74 Å². The van der Waals surface area contributed by atoms with Gasteiger partial charge in [-0.25, -0.2) is 4.98 Å². The third kappa shape index (κ3) is 2.69. The first-order valence-corrected chi connectivity index (χ1v) is 6.72. The van der Waals surface area contributed by atoms with Crippen molar-refractivity contribution in [2.75, 3.05) is 38.2 Å². The minimum Gasteiger partial charge on any atom is -0.374 e. The highest BCUT2D eigenvalue weighted by Crippen LogP contribution is 2.23. The Morgan fingerprint density at radius 3 is 3.11 bits per heavy atom. The molecule has 1 aromatic carbocycles. The summed E-state index contributed by atoms with van der Waals surface area (Å²) in [4.78, 5) is 6.70. The second-order valence-electron chi connectivity index (χ2n) is 4.93. The normalized spacial score (nSPS) is 19.5. The van der Waals surface area contributed by atoms with E-state index in [1.807, 2.05) is 12.3 Å². The molecule has 0 aliphatic carbocycles. The molecule has 1 N–H and O–H groups in total. The molecule has 1 aliphatic rings. The molecular formula is C15H19N3O. The summed E-state index contributed by atoms with van der Waals surface area (Å²) >= 11 is 0. The van der Waals surface area contributed by atoms with Gasteiger partial charge in [0.1, 0.15) is 5.82 Å². The monoisotopic (exact) mass is 257 g/mol. The van der Waals surface area contributed by atoms with Crippen molar-refractivity contribution in [3.8, 4) is 0 Å². The van der Waals surface area contributed by atoms with Crippen LogP contribution in [-0.2, 0) is 4.74 Å². The molecule has 4 heteroatoms. The molecule has 2 heterocycles. The lowest BCUT2D eigenvalue weighted by molar-refractivity contribution is 0.0339. The number of likely N-dealkylation sites (N-methyl/N-ethyl adjacent to an activating group) is 1. The van der Waals surface area contributed by atoms with E-state index in [1.165, 1.54) is 10.8 Å². The molecule has 1 atom stereocenters. The topological polar surface area (TPSA) is 37.4 Å². The number of benzene rings is 1. The van der Waals surface area contributed by atoms with E-state index < -0.39 is 0 Å². The van der Waals surface area contributed by atoms with Gasteiger partial charge in [-0.05, 0) is 11.5 Å². The number of anilines is 1. The minimum atomic E-state index is 0.236. The molecule has 0 radical (unpaired) electrons. The number of pyridine rings is 1. The Labute approximate surface area is 113 Å². The van der Waals surface area contributed by atoms with Gasteiger partial charge in [-0.1, -0.05) is 24.3 Å². The fourth-order valence-corrected chi connectivity index (χ4v) is 2.54. The Balaban J connectivity index is 1.82. The molecule has 0 amide bonds. The molecule has 1 aliphatic heterocycles. The number of ether oxygens (including phenoxy) is 1. The van der Waals surface area contributed by atoms with Crippen LogP contribution in [0.15, 0.2) is 36.5 Å². The van der Waals surface area contributed by atoms with Crippen LogP contribution in [0.3, 0.4) is 0 Å². The van der Waals surface area contributed by atoms with Gasteiger partial charge < -0.3 is 15.0 Å². The van der Waals surface area contributed by atoms with Crippen molar-refractivity contribution in [1.29, 1.82) is 0 Å². The molecule has 2 aromatic rings. The van der Waals surface area contributed by atoms with E-state index >= 15 is 0 Å². The van der Waals surface area contributed by atoms with Gasteiger partial charge in [-0.3, -0.25) is 0 Å². The number of fused-ring (bicyclic) bond motifs is 1. The van der Waals surface area contributed by atoms with Crippen LogP contribution in [0, 0.1) is 0 Å². The van der Waals surface area contributed by atoms with Crippen molar-refractivity contribution >= 4 is 16.6 Å². The molecule has 0 spiro atoms. The molecule has 1 unspecified atom stereocenters. The molecule has 1 fully saturated rings. The predicted molar refractivity (Wildman–Crippen MR) is 77.6 cm³/mol. The van der Waals surface area contributed by atoms with Crippen molar-refractivity contribution < 1.29 is 4.74 Å². The van der Waals surface area contributed by atoms with Crippen LogP contribution in [0.4, 0.5) is 5.82 Å². The van der Waals surface area contributed by atoms with Crippen LogP contribution < -0.4 is 10.2 Å². The number of hydrogen-bond acceptors (Lipinski definition) is 4. The largest absolute Gasteiger partial charge is 0.374 e. The highest BCUT2D eigenvalue weighted by molar-refractivity contribution is 5.91. The van der Waals surface area contributed by atoms with Crippen molar-refractivity contribution in [2.24, 2.45) is 0 Å². The quantitative estimate of drug-likeness (QED) is 0.907. The molecule has 1 saturated heterocycles. The lowest BCUT2D eigenvalue weighted by Crippen LogP contribution is -2.44. The van der Waals surface area contributed by atoms with Gasteiger partial charge >= 0.3 is 0 Å². The van der Waals surface area contributed by atoms with E-state index in [0.29, 0.717) is 0 Å². The van der Waals surface area contributed by atoms with Crippen LogP contribution in [0.25, 0.3) is 10.8 Å². The zero-order valence-corrected chi connectivity index (χ0v) is 11.2. The smallest absolute Gasteiger partial charge is 0.136 e. The van der Waals surface area contributed by atoms with Gasteiger partial charge in [0, 0.05) is 38.3 Å². The van der Waals surface area contributed by atoms with Crippen LogP contribution in [0.5, 0.6) is 0 Å². The van der Waals surface area contributed by atoms with E-state index in [9.17, 15) is 0 Å². The van der Waals surface area contributed by atoms with Gasteiger partial charge in [0.05, 0.1) is 12.7 Å². The van der Waals surface area contributed by atoms with Crippen LogP contribution >= 0.6 is 0 Å². The van der Waals surface area contributed by atoms with Crippen molar-refractivity contribution in [3.63, 3.8) is 0 Å². The Morgan fingerprint density at radius 1 is 1.37 bits per heavy atom. The average molecular weight is 257 g/mol. The zero-order chi connectivity index (χ0) is 13.1. The summed E-state index contributed by atoms with van der Waals surface area (Å²) in [6.45, 7) is 3.51. The summed E-state index contributed by atoms with van der Waals surface area (Å²) < 4.78 is 5.75. The third-order valence-electron chi connectivity index (χ3n) is 3.50. The molecule has 19 heavy (non-hydrogen) atoms. The zero-order valence-electron chi connectivity index (χ0n) is 11.2. The van der Waals surface area contributed by atoms with E-state index in [2.05, 4.69) is 46.5 Å².